The van der Waals surface area contributed by atoms with E-state index in [0.717, 1.165) is 44.0 Å². The van der Waals surface area contributed by atoms with Crippen LogP contribution >= 0.6 is 0 Å². The Morgan fingerprint density at radius 2 is 1.96 bits per heavy atom. The van der Waals surface area contributed by atoms with Crippen LogP contribution in [0.4, 0.5) is 4.39 Å². The maximum atomic E-state index is 13.5. The number of halogens is 1. The number of nitrogens with zero attached hydrogens (tertiary/aromatic N) is 3. The molecule has 6 heteroatoms. The summed E-state index contributed by atoms with van der Waals surface area (Å²) in [6.45, 7) is 6.21. The van der Waals surface area contributed by atoms with Gasteiger partial charge in [0.05, 0.1) is 18.7 Å². The summed E-state index contributed by atoms with van der Waals surface area (Å²) in [5, 5.41) is 0. The number of hydrogen-bond acceptors (Lipinski definition) is 4. The first kappa shape index (κ1) is 19.3. The number of carbonyl (C=O) groups is 1. The van der Waals surface area contributed by atoms with Crippen molar-refractivity contribution >= 4 is 5.91 Å². The van der Waals surface area contributed by atoms with Crippen molar-refractivity contribution in [2.24, 2.45) is 0 Å². The molecule has 3 rings (SSSR count). The number of carbonyl (C=O) groups excluding carboxylic acids is 1. The third kappa shape index (κ3) is 5.76. The number of para-hydroxylation sites is 1. The zero-order chi connectivity index (χ0) is 19.1. The number of pyridine rings is 1. The molecule has 0 radical (unpaired) electrons. The van der Waals surface area contributed by atoms with Crippen LogP contribution in [0.1, 0.15) is 24.2 Å². The Balaban J connectivity index is 1.44. The first-order chi connectivity index (χ1) is 13.1. The van der Waals surface area contributed by atoms with Crippen molar-refractivity contribution in [1.29, 1.82) is 0 Å². The van der Waals surface area contributed by atoms with E-state index in [0.29, 0.717) is 6.54 Å². The zero-order valence-electron chi connectivity index (χ0n) is 15.7. The number of ether oxygens (including phenoxy) is 1. The molecule has 2 aromatic rings. The molecule has 0 atom stereocenters. The van der Waals surface area contributed by atoms with Gasteiger partial charge in [0.15, 0.2) is 11.6 Å². The predicted octanol–water partition coefficient (Wildman–Crippen LogP) is 3.03. The average Bonchev–Trinajstić information content (AvgIpc) is 2.89. The smallest absolute Gasteiger partial charge is 0.226 e. The van der Waals surface area contributed by atoms with Crippen LogP contribution in [0.3, 0.4) is 0 Å². The maximum Gasteiger partial charge on any atom is 0.226 e. The summed E-state index contributed by atoms with van der Waals surface area (Å²) in [6.07, 6.45) is 1.19. The van der Waals surface area contributed by atoms with Gasteiger partial charge in [-0.15, -0.1) is 0 Å². The van der Waals surface area contributed by atoms with Crippen LogP contribution in [0.15, 0.2) is 42.5 Å². The summed E-state index contributed by atoms with van der Waals surface area (Å²) >= 11 is 0. The van der Waals surface area contributed by atoms with Crippen LogP contribution in [-0.4, -0.2) is 53.5 Å². The standard InChI is InChI=1S/C21H26FN3O2/c1-17-6-4-7-18(23-17)16-24-11-5-12-25(14-13-24)21(26)10-15-27-20-9-3-2-8-19(20)22/h2-4,6-9H,5,10-16H2,1H3. The summed E-state index contributed by atoms with van der Waals surface area (Å²) in [5.74, 6) is -0.153. The quantitative estimate of drug-likeness (QED) is 0.783. The fraction of sp³-hybridized carbons (Fsp3) is 0.429. The molecule has 144 valence electrons. The molecule has 1 aliphatic heterocycles. The predicted molar refractivity (Wildman–Crippen MR) is 102 cm³/mol. The highest BCUT2D eigenvalue weighted by Crippen LogP contribution is 2.16. The molecule has 1 saturated heterocycles. The van der Waals surface area contributed by atoms with Gasteiger partial charge in [-0.25, -0.2) is 4.39 Å². The topological polar surface area (TPSA) is 45.7 Å². The number of aryl methyl sites for hydroxylation is 1. The monoisotopic (exact) mass is 371 g/mol. The lowest BCUT2D eigenvalue weighted by molar-refractivity contribution is -0.131. The summed E-state index contributed by atoms with van der Waals surface area (Å²) in [7, 11) is 0. The molecule has 5 nitrogen and oxygen atoms in total. The Labute approximate surface area is 159 Å². The fourth-order valence-corrected chi connectivity index (χ4v) is 3.26. The van der Waals surface area contributed by atoms with E-state index in [9.17, 15) is 9.18 Å². The molecule has 1 aromatic carbocycles. The first-order valence-corrected chi connectivity index (χ1v) is 9.42. The van der Waals surface area contributed by atoms with Crippen LogP contribution in [0.2, 0.25) is 0 Å². The molecular weight excluding hydrogens is 345 g/mol. The van der Waals surface area contributed by atoms with Crippen LogP contribution in [0.5, 0.6) is 5.75 Å². The highest BCUT2D eigenvalue weighted by molar-refractivity contribution is 5.76. The van der Waals surface area contributed by atoms with Crippen LogP contribution in [0, 0.1) is 12.7 Å². The minimum absolute atomic E-state index is 0.0573. The second kappa shape index (κ2) is 9.46. The van der Waals surface area contributed by atoms with Gasteiger partial charge in [-0.2, -0.15) is 0 Å². The Morgan fingerprint density at radius 3 is 2.78 bits per heavy atom. The van der Waals surface area contributed by atoms with Gasteiger partial charge in [0, 0.05) is 38.4 Å². The minimum atomic E-state index is -0.403. The third-order valence-corrected chi connectivity index (χ3v) is 4.68. The van der Waals surface area contributed by atoms with E-state index in [1.54, 1.807) is 18.2 Å². The van der Waals surface area contributed by atoms with Crippen molar-refractivity contribution in [3.8, 4) is 5.75 Å². The summed E-state index contributed by atoms with van der Waals surface area (Å²) < 4.78 is 18.9. The lowest BCUT2D eigenvalue weighted by Crippen LogP contribution is -2.35. The number of rotatable bonds is 6. The van der Waals surface area contributed by atoms with E-state index in [1.807, 2.05) is 30.0 Å². The number of benzene rings is 1. The molecule has 1 aromatic heterocycles. The average molecular weight is 371 g/mol. The van der Waals surface area contributed by atoms with Gasteiger partial charge in [-0.05, 0) is 37.6 Å². The van der Waals surface area contributed by atoms with E-state index >= 15 is 0 Å². The molecule has 0 spiro atoms. The van der Waals surface area contributed by atoms with Gasteiger partial charge in [0.1, 0.15) is 0 Å². The van der Waals surface area contributed by atoms with Gasteiger partial charge in [0.25, 0.3) is 0 Å². The van der Waals surface area contributed by atoms with Gasteiger partial charge >= 0.3 is 0 Å². The van der Waals surface area contributed by atoms with Gasteiger partial charge in [-0.3, -0.25) is 14.7 Å². The normalized spacial score (nSPS) is 15.4. The SMILES string of the molecule is Cc1cccc(CN2CCCN(C(=O)CCOc3ccccc3F)CC2)n1. The van der Waals surface area contributed by atoms with Crippen molar-refractivity contribution in [3.63, 3.8) is 0 Å². The lowest BCUT2D eigenvalue weighted by Gasteiger charge is -2.22. The van der Waals surface area contributed by atoms with Crippen molar-refractivity contribution in [2.75, 3.05) is 32.8 Å². The van der Waals surface area contributed by atoms with Crippen molar-refractivity contribution in [2.45, 2.75) is 26.3 Å². The second-order valence-corrected chi connectivity index (χ2v) is 6.81. The minimum Gasteiger partial charge on any atom is -0.490 e. The van der Waals surface area contributed by atoms with E-state index in [2.05, 4.69) is 9.88 Å². The third-order valence-electron chi connectivity index (χ3n) is 4.68. The summed E-state index contributed by atoms with van der Waals surface area (Å²) in [4.78, 5) is 21.2. The Hall–Kier alpha value is -2.47. The summed E-state index contributed by atoms with van der Waals surface area (Å²) in [5.41, 5.74) is 2.09. The molecule has 2 heterocycles. The maximum absolute atomic E-state index is 13.5. The van der Waals surface area contributed by atoms with Crippen LogP contribution in [-0.2, 0) is 11.3 Å². The van der Waals surface area contributed by atoms with Crippen LogP contribution in [0.25, 0.3) is 0 Å². The largest absolute Gasteiger partial charge is 0.490 e. The van der Waals surface area contributed by atoms with Crippen molar-refractivity contribution in [3.05, 3.63) is 59.7 Å². The van der Waals surface area contributed by atoms with Gasteiger partial charge in [-0.1, -0.05) is 18.2 Å². The second-order valence-electron chi connectivity index (χ2n) is 6.81. The zero-order valence-corrected chi connectivity index (χ0v) is 15.7. The van der Waals surface area contributed by atoms with Gasteiger partial charge < -0.3 is 9.64 Å². The lowest BCUT2D eigenvalue weighted by atomic mass is 10.3. The van der Waals surface area contributed by atoms with Gasteiger partial charge in [0.2, 0.25) is 5.91 Å². The Morgan fingerprint density at radius 1 is 1.11 bits per heavy atom. The highest BCUT2D eigenvalue weighted by atomic mass is 19.1. The molecule has 0 saturated carbocycles. The molecule has 1 amide bonds. The Bertz CT molecular complexity index is 769. The fourth-order valence-electron chi connectivity index (χ4n) is 3.26. The highest BCUT2D eigenvalue weighted by Gasteiger charge is 2.19. The molecule has 27 heavy (non-hydrogen) atoms. The van der Waals surface area contributed by atoms with Crippen molar-refractivity contribution in [1.82, 2.24) is 14.8 Å². The van der Waals surface area contributed by atoms with E-state index in [4.69, 9.17) is 4.74 Å². The number of aromatic nitrogens is 1. The molecule has 0 aliphatic carbocycles. The summed E-state index contributed by atoms with van der Waals surface area (Å²) in [6, 6.07) is 12.3. The molecule has 1 aliphatic rings. The molecule has 0 unspecified atom stereocenters. The molecular formula is C21H26FN3O2. The van der Waals surface area contributed by atoms with E-state index < -0.39 is 5.82 Å². The molecule has 0 N–H and O–H groups in total. The number of hydrogen-bond donors (Lipinski definition) is 0. The van der Waals surface area contributed by atoms with E-state index in [-0.39, 0.29) is 24.7 Å². The first-order valence-electron chi connectivity index (χ1n) is 9.42. The van der Waals surface area contributed by atoms with Crippen molar-refractivity contribution < 1.29 is 13.9 Å². The number of amides is 1. The van der Waals surface area contributed by atoms with Crippen LogP contribution < -0.4 is 4.74 Å². The molecule has 0 bridgehead atoms. The Kier molecular flexibility index (Phi) is 6.76. The molecule has 1 fully saturated rings. The van der Waals surface area contributed by atoms with E-state index in [1.165, 1.54) is 6.07 Å².